The molecule has 1 heteroatoms. The third kappa shape index (κ3) is 16.7. The minimum Gasteiger partial charge on any atom is -0.303 e. The Kier molecular flexibility index (Phi) is 16.8. The molecule has 0 heterocycles. The largest absolute Gasteiger partial charge is 0.303 e. The van der Waals surface area contributed by atoms with Crippen LogP contribution in [0.1, 0.15) is 115 Å². The van der Waals surface area contributed by atoms with Crippen LogP contribution >= 0.6 is 0 Å². The third-order valence-corrected chi connectivity index (χ3v) is 6.54. The summed E-state index contributed by atoms with van der Waals surface area (Å²) < 4.78 is 0.953. The Balaban J connectivity index is 1.70. The molecule has 0 bridgehead atoms. The Morgan fingerprint density at radius 3 is 1.33 bits per heavy atom. The number of nitrogens with zero attached hydrogens (tertiary/aromatic N) is 1. The summed E-state index contributed by atoms with van der Waals surface area (Å²) >= 11 is 0. The first-order chi connectivity index (χ1) is 14.6. The summed E-state index contributed by atoms with van der Waals surface area (Å²) in [5, 5.41) is 0. The van der Waals surface area contributed by atoms with Crippen LogP contribution < -0.4 is 0 Å². The fourth-order valence-electron chi connectivity index (χ4n) is 4.24. The number of rotatable bonds is 21. The molecule has 0 unspecified atom stereocenters. The second kappa shape index (κ2) is 18.7. The van der Waals surface area contributed by atoms with Crippen LogP contribution in [0.2, 0.25) is 0 Å². The van der Waals surface area contributed by atoms with Crippen LogP contribution in [-0.2, 0) is 6.42 Å². The molecule has 1 rings (SSSR count). The van der Waals surface area contributed by atoms with Gasteiger partial charge in [0.05, 0.1) is 26.8 Å². The highest BCUT2D eigenvalue weighted by atomic mass is 15.3. The van der Waals surface area contributed by atoms with Gasteiger partial charge in [-0.05, 0) is 37.8 Å². The average molecular weight is 415 g/mol. The molecule has 0 saturated carbocycles. The maximum Gasteiger partial charge on any atom is 0.0881 e. The molecule has 1 aromatic rings. The van der Waals surface area contributed by atoms with Crippen LogP contribution in [0.25, 0.3) is 0 Å². The van der Waals surface area contributed by atoms with E-state index in [0.717, 1.165) is 4.48 Å². The van der Waals surface area contributed by atoms with Crippen LogP contribution in [-0.4, -0.2) is 25.1 Å². The van der Waals surface area contributed by atoms with Crippen molar-refractivity contribution in [3.63, 3.8) is 0 Å². The maximum atomic E-state index is 3.91. The molecule has 30 heavy (non-hydrogen) atoms. The number of quaternary nitrogens is 1. The molecule has 0 N–H and O–H groups in total. The standard InChI is InChI=1S/C29H52N/c1-4-30(2,3)28-24-19-17-15-13-11-9-7-5-6-8-10-12-14-16-18-21-25-29-26-22-20-23-27-29/h4,20,22-23,26-27H,1,5-19,21,24-25,28H2,2-3H3/q+1. The molecule has 0 aromatic heterocycles. The van der Waals surface area contributed by atoms with E-state index in [0.29, 0.717) is 0 Å². The van der Waals surface area contributed by atoms with Crippen LogP contribution in [0.3, 0.4) is 0 Å². The summed E-state index contributed by atoms with van der Waals surface area (Å²) in [4.78, 5) is 0. The van der Waals surface area contributed by atoms with Gasteiger partial charge in [0.15, 0.2) is 0 Å². The second-order valence-electron chi connectivity index (χ2n) is 9.93. The summed E-state index contributed by atoms with van der Waals surface area (Å²) in [6.45, 7) is 5.15. The molecule has 0 aliphatic heterocycles. The minimum atomic E-state index is 0.953. The Morgan fingerprint density at radius 1 is 0.567 bits per heavy atom. The Bertz CT molecular complexity index is 490. The van der Waals surface area contributed by atoms with E-state index >= 15 is 0 Å². The summed E-state index contributed by atoms with van der Waals surface area (Å²) in [6, 6.07) is 10.9. The Hall–Kier alpha value is -1.08. The van der Waals surface area contributed by atoms with Crippen molar-refractivity contribution in [2.75, 3.05) is 20.6 Å². The van der Waals surface area contributed by atoms with E-state index in [2.05, 4.69) is 51.0 Å². The number of hydrogen-bond donors (Lipinski definition) is 0. The van der Waals surface area contributed by atoms with Gasteiger partial charge in [0.25, 0.3) is 0 Å². The van der Waals surface area contributed by atoms with Crippen LogP contribution in [0.4, 0.5) is 0 Å². The van der Waals surface area contributed by atoms with E-state index in [-0.39, 0.29) is 0 Å². The second-order valence-corrected chi connectivity index (χ2v) is 9.93. The van der Waals surface area contributed by atoms with Crippen molar-refractivity contribution in [3.05, 3.63) is 48.7 Å². The Morgan fingerprint density at radius 2 is 0.933 bits per heavy atom. The number of benzene rings is 1. The highest BCUT2D eigenvalue weighted by molar-refractivity contribution is 5.14. The van der Waals surface area contributed by atoms with Crippen LogP contribution in [0.15, 0.2) is 43.1 Å². The van der Waals surface area contributed by atoms with Gasteiger partial charge in [0.2, 0.25) is 0 Å². The van der Waals surface area contributed by atoms with Gasteiger partial charge in [-0.15, -0.1) is 0 Å². The molecule has 172 valence electrons. The van der Waals surface area contributed by atoms with Gasteiger partial charge in [-0.3, -0.25) is 0 Å². The third-order valence-electron chi connectivity index (χ3n) is 6.54. The lowest BCUT2D eigenvalue weighted by Gasteiger charge is -2.24. The zero-order valence-corrected chi connectivity index (χ0v) is 20.6. The highest BCUT2D eigenvalue weighted by Crippen LogP contribution is 2.15. The zero-order chi connectivity index (χ0) is 21.8. The molecule has 1 aromatic carbocycles. The zero-order valence-electron chi connectivity index (χ0n) is 20.6. The number of hydrogen-bond acceptors (Lipinski definition) is 0. The van der Waals surface area contributed by atoms with Crippen LogP contribution in [0.5, 0.6) is 0 Å². The van der Waals surface area contributed by atoms with Crippen molar-refractivity contribution in [1.82, 2.24) is 0 Å². The topological polar surface area (TPSA) is 0 Å². The monoisotopic (exact) mass is 414 g/mol. The van der Waals surface area contributed by atoms with Crippen molar-refractivity contribution in [2.24, 2.45) is 0 Å². The summed E-state index contributed by atoms with van der Waals surface area (Å²) in [6.07, 6.45) is 27.7. The number of aryl methyl sites for hydroxylation is 1. The SMILES string of the molecule is C=C[N+](C)(C)CCCCCCCCCCCCCCCCCCCc1ccccc1. The molecule has 0 atom stereocenters. The number of unbranched alkanes of at least 4 members (excludes halogenated alkanes) is 16. The lowest BCUT2D eigenvalue weighted by atomic mass is 10.0. The van der Waals surface area contributed by atoms with Crippen molar-refractivity contribution in [1.29, 1.82) is 0 Å². The molecule has 0 aliphatic rings. The lowest BCUT2D eigenvalue weighted by molar-refractivity contribution is -0.838. The predicted molar refractivity (Wildman–Crippen MR) is 136 cm³/mol. The van der Waals surface area contributed by atoms with Crippen molar-refractivity contribution >= 4 is 0 Å². The first kappa shape index (κ1) is 27.0. The minimum absolute atomic E-state index is 0.953. The molecular weight excluding hydrogens is 362 g/mol. The van der Waals surface area contributed by atoms with Gasteiger partial charge in [0.1, 0.15) is 0 Å². The van der Waals surface area contributed by atoms with E-state index in [4.69, 9.17) is 0 Å². The molecule has 0 radical (unpaired) electrons. The Labute approximate surface area is 189 Å². The van der Waals surface area contributed by atoms with Gasteiger partial charge in [-0.1, -0.05) is 120 Å². The predicted octanol–water partition coefficient (Wildman–Crippen LogP) is 9.08. The molecular formula is C29H52N+. The van der Waals surface area contributed by atoms with Gasteiger partial charge in [-0.2, -0.15) is 0 Å². The first-order valence-corrected chi connectivity index (χ1v) is 13.1. The normalized spacial score (nSPS) is 11.7. The maximum absolute atomic E-state index is 3.91. The summed E-state index contributed by atoms with van der Waals surface area (Å²) in [7, 11) is 4.47. The van der Waals surface area contributed by atoms with E-state index < -0.39 is 0 Å². The lowest BCUT2D eigenvalue weighted by Crippen LogP contribution is -2.33. The van der Waals surface area contributed by atoms with E-state index in [1.807, 2.05) is 6.20 Å². The van der Waals surface area contributed by atoms with Crippen LogP contribution in [0, 0.1) is 0 Å². The van der Waals surface area contributed by atoms with E-state index in [9.17, 15) is 0 Å². The highest BCUT2D eigenvalue weighted by Gasteiger charge is 2.08. The molecule has 0 amide bonds. The molecule has 0 aliphatic carbocycles. The smallest absolute Gasteiger partial charge is 0.0881 e. The average Bonchev–Trinajstić information content (AvgIpc) is 2.76. The summed E-state index contributed by atoms with van der Waals surface area (Å²) in [5.41, 5.74) is 1.50. The molecule has 0 spiro atoms. The van der Waals surface area contributed by atoms with Gasteiger partial charge < -0.3 is 4.48 Å². The fourth-order valence-corrected chi connectivity index (χ4v) is 4.24. The van der Waals surface area contributed by atoms with Crippen molar-refractivity contribution in [2.45, 2.75) is 116 Å². The van der Waals surface area contributed by atoms with E-state index in [1.165, 1.54) is 128 Å². The van der Waals surface area contributed by atoms with E-state index in [1.54, 1.807) is 0 Å². The van der Waals surface area contributed by atoms with Crippen molar-refractivity contribution in [3.8, 4) is 0 Å². The molecule has 1 nitrogen and oxygen atoms in total. The molecule has 0 saturated heterocycles. The first-order valence-electron chi connectivity index (χ1n) is 13.1. The quantitative estimate of drug-likeness (QED) is 0.139. The summed E-state index contributed by atoms with van der Waals surface area (Å²) in [5.74, 6) is 0. The van der Waals surface area contributed by atoms with Gasteiger partial charge in [-0.25, -0.2) is 0 Å². The van der Waals surface area contributed by atoms with Gasteiger partial charge in [0, 0.05) is 0 Å². The molecule has 0 fully saturated rings. The van der Waals surface area contributed by atoms with Crippen molar-refractivity contribution < 1.29 is 4.48 Å². The van der Waals surface area contributed by atoms with Gasteiger partial charge >= 0.3 is 0 Å². The fraction of sp³-hybridized carbons (Fsp3) is 0.724.